The lowest BCUT2D eigenvalue weighted by Crippen LogP contribution is -2.32. The van der Waals surface area contributed by atoms with Gasteiger partial charge in [0.05, 0.1) is 30.0 Å². The van der Waals surface area contributed by atoms with Crippen LogP contribution in [-0.2, 0) is 9.53 Å². The van der Waals surface area contributed by atoms with Crippen LogP contribution in [0, 0.1) is 18.8 Å². The Kier molecular flexibility index (Phi) is 3.75. The van der Waals surface area contributed by atoms with E-state index in [1.165, 1.54) is 0 Å². The molecular weight excluding hydrogens is 242 g/mol. The van der Waals surface area contributed by atoms with E-state index < -0.39 is 0 Å². The molecule has 0 saturated carbocycles. The number of ether oxygens (including phenoxy) is 1. The third-order valence-electron chi connectivity index (χ3n) is 3.95. The monoisotopic (exact) mass is 263 g/mol. The molecule has 1 saturated heterocycles. The number of anilines is 2. The van der Waals surface area contributed by atoms with E-state index in [2.05, 4.69) is 10.3 Å². The SMILES string of the molecule is Cc1cc(NC(=O)C2C(C)OC(C)C2C)ncc1N. The zero-order valence-electron chi connectivity index (χ0n) is 11.8. The van der Waals surface area contributed by atoms with Gasteiger partial charge in [-0.2, -0.15) is 0 Å². The summed E-state index contributed by atoms with van der Waals surface area (Å²) in [6.07, 6.45) is 1.60. The minimum absolute atomic E-state index is 0.0407. The van der Waals surface area contributed by atoms with E-state index >= 15 is 0 Å². The molecule has 2 rings (SSSR count). The summed E-state index contributed by atoms with van der Waals surface area (Å²) in [4.78, 5) is 16.4. The molecule has 3 N–H and O–H groups in total. The number of aromatic nitrogens is 1. The van der Waals surface area contributed by atoms with Gasteiger partial charge >= 0.3 is 0 Å². The Bertz CT molecular complexity index is 490. The third-order valence-corrected chi connectivity index (χ3v) is 3.95. The van der Waals surface area contributed by atoms with E-state index in [-0.39, 0.29) is 30.0 Å². The molecule has 0 aliphatic carbocycles. The van der Waals surface area contributed by atoms with Gasteiger partial charge in [0.2, 0.25) is 5.91 Å². The summed E-state index contributed by atoms with van der Waals surface area (Å²) in [7, 11) is 0. The number of nitrogen functional groups attached to an aromatic ring is 1. The van der Waals surface area contributed by atoms with Gasteiger partial charge in [0.15, 0.2) is 0 Å². The number of carbonyl (C=O) groups excluding carboxylic acids is 1. The van der Waals surface area contributed by atoms with Gasteiger partial charge in [0.25, 0.3) is 0 Å². The zero-order chi connectivity index (χ0) is 14.2. The quantitative estimate of drug-likeness (QED) is 0.855. The van der Waals surface area contributed by atoms with Crippen LogP contribution in [-0.4, -0.2) is 23.1 Å². The highest BCUT2D eigenvalue weighted by Gasteiger charge is 2.41. The third kappa shape index (κ3) is 2.71. The predicted molar refractivity (Wildman–Crippen MR) is 74.7 cm³/mol. The van der Waals surface area contributed by atoms with Crippen molar-refractivity contribution >= 4 is 17.4 Å². The zero-order valence-corrected chi connectivity index (χ0v) is 11.8. The average molecular weight is 263 g/mol. The molecule has 5 heteroatoms. The molecule has 0 bridgehead atoms. The van der Waals surface area contributed by atoms with E-state index in [9.17, 15) is 4.79 Å². The van der Waals surface area contributed by atoms with Gasteiger partial charge in [-0.25, -0.2) is 4.98 Å². The molecule has 0 spiro atoms. The van der Waals surface area contributed by atoms with Gasteiger partial charge in [0, 0.05) is 0 Å². The van der Waals surface area contributed by atoms with E-state index in [1.54, 1.807) is 12.3 Å². The maximum atomic E-state index is 12.3. The van der Waals surface area contributed by atoms with Crippen molar-refractivity contribution in [3.8, 4) is 0 Å². The predicted octanol–water partition coefficient (Wildman–Crippen LogP) is 1.97. The molecule has 2 heterocycles. The molecule has 5 nitrogen and oxygen atoms in total. The largest absolute Gasteiger partial charge is 0.397 e. The fourth-order valence-electron chi connectivity index (χ4n) is 2.56. The summed E-state index contributed by atoms with van der Waals surface area (Å²) in [6.45, 7) is 7.87. The second-order valence-corrected chi connectivity index (χ2v) is 5.35. The fraction of sp³-hybridized carbons (Fsp3) is 0.571. The molecule has 1 fully saturated rings. The van der Waals surface area contributed by atoms with Crippen molar-refractivity contribution in [1.29, 1.82) is 0 Å². The summed E-state index contributed by atoms with van der Waals surface area (Å²) in [5.41, 5.74) is 7.24. The van der Waals surface area contributed by atoms with Crippen molar-refractivity contribution < 1.29 is 9.53 Å². The molecular formula is C14H21N3O2. The second-order valence-electron chi connectivity index (χ2n) is 5.35. The van der Waals surface area contributed by atoms with Gasteiger partial charge < -0.3 is 15.8 Å². The van der Waals surface area contributed by atoms with Crippen LogP contribution < -0.4 is 11.1 Å². The molecule has 1 aromatic rings. The summed E-state index contributed by atoms with van der Waals surface area (Å²) in [5, 5.41) is 2.85. The maximum Gasteiger partial charge on any atom is 0.231 e. The first-order valence-corrected chi connectivity index (χ1v) is 6.58. The number of carbonyl (C=O) groups is 1. The van der Waals surface area contributed by atoms with Crippen LogP contribution in [0.4, 0.5) is 11.5 Å². The van der Waals surface area contributed by atoms with Crippen LogP contribution in [0.25, 0.3) is 0 Å². The highest BCUT2D eigenvalue weighted by Crippen LogP contribution is 2.32. The highest BCUT2D eigenvalue weighted by molar-refractivity contribution is 5.92. The smallest absolute Gasteiger partial charge is 0.231 e. The minimum atomic E-state index is -0.144. The van der Waals surface area contributed by atoms with Crippen LogP contribution in [0.15, 0.2) is 12.3 Å². The molecule has 4 atom stereocenters. The maximum absolute atomic E-state index is 12.3. The molecule has 1 aromatic heterocycles. The Morgan fingerprint density at radius 1 is 1.37 bits per heavy atom. The van der Waals surface area contributed by atoms with Crippen molar-refractivity contribution in [2.75, 3.05) is 11.1 Å². The molecule has 1 aliphatic rings. The molecule has 104 valence electrons. The Labute approximate surface area is 113 Å². The van der Waals surface area contributed by atoms with Crippen LogP contribution in [0.3, 0.4) is 0 Å². The Hall–Kier alpha value is -1.62. The van der Waals surface area contributed by atoms with Crippen LogP contribution in [0.5, 0.6) is 0 Å². The minimum Gasteiger partial charge on any atom is -0.397 e. The first-order chi connectivity index (χ1) is 8.90. The van der Waals surface area contributed by atoms with Gasteiger partial charge in [-0.3, -0.25) is 4.79 Å². The van der Waals surface area contributed by atoms with Crippen molar-refractivity contribution in [3.05, 3.63) is 17.8 Å². The highest BCUT2D eigenvalue weighted by atomic mass is 16.5. The second kappa shape index (κ2) is 5.17. The van der Waals surface area contributed by atoms with Gasteiger partial charge in [-0.15, -0.1) is 0 Å². The molecule has 1 amide bonds. The van der Waals surface area contributed by atoms with Crippen molar-refractivity contribution in [2.45, 2.75) is 39.9 Å². The van der Waals surface area contributed by atoms with Crippen molar-refractivity contribution in [3.63, 3.8) is 0 Å². The van der Waals surface area contributed by atoms with Crippen LogP contribution >= 0.6 is 0 Å². The van der Waals surface area contributed by atoms with E-state index in [1.807, 2.05) is 27.7 Å². The number of nitrogens with one attached hydrogen (secondary N) is 1. The van der Waals surface area contributed by atoms with Gasteiger partial charge in [0.1, 0.15) is 5.82 Å². The first-order valence-electron chi connectivity index (χ1n) is 6.58. The van der Waals surface area contributed by atoms with Crippen LogP contribution in [0.2, 0.25) is 0 Å². The van der Waals surface area contributed by atoms with Crippen molar-refractivity contribution in [2.24, 2.45) is 11.8 Å². The van der Waals surface area contributed by atoms with Crippen LogP contribution in [0.1, 0.15) is 26.3 Å². The standard InChI is InChI=1S/C14H21N3O2/c1-7-5-12(16-6-11(7)15)17-14(18)13-8(2)9(3)19-10(13)4/h5-6,8-10,13H,15H2,1-4H3,(H,16,17,18). The number of rotatable bonds is 2. The molecule has 0 aromatic carbocycles. The number of aryl methyl sites for hydroxylation is 1. The van der Waals surface area contributed by atoms with Crippen molar-refractivity contribution in [1.82, 2.24) is 4.98 Å². The van der Waals surface area contributed by atoms with E-state index in [0.29, 0.717) is 11.5 Å². The summed E-state index contributed by atoms with van der Waals surface area (Å²) in [5.74, 6) is 0.552. The topological polar surface area (TPSA) is 77.2 Å². The fourth-order valence-corrected chi connectivity index (χ4v) is 2.56. The molecule has 1 aliphatic heterocycles. The number of amides is 1. The summed E-state index contributed by atoms with van der Waals surface area (Å²) >= 11 is 0. The van der Waals surface area contributed by atoms with Gasteiger partial charge in [-0.1, -0.05) is 6.92 Å². The molecule has 0 radical (unpaired) electrons. The number of nitrogens with zero attached hydrogens (tertiary/aromatic N) is 1. The molecule has 19 heavy (non-hydrogen) atoms. The number of pyridine rings is 1. The lowest BCUT2D eigenvalue weighted by molar-refractivity contribution is -0.122. The normalized spacial score (nSPS) is 30.3. The molecule has 4 unspecified atom stereocenters. The Morgan fingerprint density at radius 2 is 2.05 bits per heavy atom. The lowest BCUT2D eigenvalue weighted by atomic mass is 9.89. The Balaban J connectivity index is 2.10. The lowest BCUT2D eigenvalue weighted by Gasteiger charge is -2.17. The average Bonchev–Trinajstić information content (AvgIpc) is 2.58. The number of hydrogen-bond acceptors (Lipinski definition) is 4. The van der Waals surface area contributed by atoms with E-state index in [4.69, 9.17) is 10.5 Å². The summed E-state index contributed by atoms with van der Waals surface area (Å²) in [6, 6.07) is 1.78. The van der Waals surface area contributed by atoms with Gasteiger partial charge in [-0.05, 0) is 38.3 Å². The number of hydrogen-bond donors (Lipinski definition) is 2. The Morgan fingerprint density at radius 3 is 2.58 bits per heavy atom. The number of nitrogens with two attached hydrogens (primary N) is 1. The first kappa shape index (κ1) is 13.8. The van der Waals surface area contributed by atoms with E-state index in [0.717, 1.165) is 5.56 Å². The summed E-state index contributed by atoms with van der Waals surface area (Å²) < 4.78 is 5.69.